The molecule has 0 atom stereocenters. The van der Waals surface area contributed by atoms with Crippen molar-refractivity contribution in [1.29, 1.82) is 0 Å². The summed E-state index contributed by atoms with van der Waals surface area (Å²) in [5.74, 6) is 0.113. The molecule has 1 aromatic carbocycles. The smallest absolute Gasteiger partial charge is 0.298 e. The first-order chi connectivity index (χ1) is 6.70. The normalized spacial score (nSPS) is 11.8. The molecule has 1 rings (SSSR count). The van der Waals surface area contributed by atoms with Crippen LogP contribution in [0.1, 0.15) is 13.8 Å². The van der Waals surface area contributed by atoms with E-state index in [4.69, 9.17) is 9.29 Å². The SMILES string of the molecule is CC(C)(Br)Oc1ccccc1S(=O)(=O)O.Cl. The van der Waals surface area contributed by atoms with E-state index in [9.17, 15) is 8.42 Å². The van der Waals surface area contributed by atoms with E-state index in [0.717, 1.165) is 0 Å². The van der Waals surface area contributed by atoms with Crippen molar-refractivity contribution in [3.63, 3.8) is 0 Å². The van der Waals surface area contributed by atoms with Crippen molar-refractivity contribution in [3.8, 4) is 5.75 Å². The maximum atomic E-state index is 11.0. The van der Waals surface area contributed by atoms with Gasteiger partial charge in [-0.2, -0.15) is 8.42 Å². The molecule has 92 valence electrons. The first kappa shape index (κ1) is 15.7. The Balaban J connectivity index is 0.00000225. The third-order valence-electron chi connectivity index (χ3n) is 1.48. The Labute approximate surface area is 109 Å². The minimum Gasteiger partial charge on any atom is -0.475 e. The van der Waals surface area contributed by atoms with Crippen molar-refractivity contribution in [2.75, 3.05) is 0 Å². The van der Waals surface area contributed by atoms with Gasteiger partial charge in [-0.05, 0) is 41.9 Å². The predicted molar refractivity (Wildman–Crippen MR) is 67.1 cm³/mol. The molecule has 0 heterocycles. The van der Waals surface area contributed by atoms with Gasteiger partial charge in [0.2, 0.25) is 0 Å². The Morgan fingerprint density at radius 3 is 2.25 bits per heavy atom. The van der Waals surface area contributed by atoms with E-state index in [1.165, 1.54) is 18.2 Å². The van der Waals surface area contributed by atoms with Crippen LogP contribution in [-0.2, 0) is 10.1 Å². The van der Waals surface area contributed by atoms with Gasteiger partial charge in [0.15, 0.2) is 4.51 Å². The predicted octanol–water partition coefficient (Wildman–Crippen LogP) is 2.86. The van der Waals surface area contributed by atoms with Gasteiger partial charge in [0.25, 0.3) is 10.1 Å². The maximum absolute atomic E-state index is 11.0. The second-order valence-corrected chi connectivity index (χ2v) is 6.69. The van der Waals surface area contributed by atoms with Gasteiger partial charge in [0, 0.05) is 0 Å². The number of alkyl halides is 1. The summed E-state index contributed by atoms with van der Waals surface area (Å²) in [7, 11) is -4.25. The molecule has 4 nitrogen and oxygen atoms in total. The summed E-state index contributed by atoms with van der Waals surface area (Å²) < 4.78 is 35.6. The standard InChI is InChI=1S/C9H11BrO4S.ClH/c1-9(2,10)14-7-5-3-4-6-8(7)15(11,12)13;/h3-6H,1-2H3,(H,11,12,13);1H. The third-order valence-corrected chi connectivity index (χ3v) is 2.53. The highest BCUT2D eigenvalue weighted by Gasteiger charge is 2.21. The van der Waals surface area contributed by atoms with E-state index in [-0.39, 0.29) is 23.1 Å². The lowest BCUT2D eigenvalue weighted by molar-refractivity contribution is 0.208. The molecule has 0 aromatic heterocycles. The summed E-state index contributed by atoms with van der Waals surface area (Å²) in [6, 6.07) is 5.90. The molecule has 7 heteroatoms. The largest absolute Gasteiger partial charge is 0.475 e. The zero-order chi connectivity index (χ0) is 11.7. The number of hydrogen-bond donors (Lipinski definition) is 1. The van der Waals surface area contributed by atoms with Crippen molar-refractivity contribution in [3.05, 3.63) is 24.3 Å². The lowest BCUT2D eigenvalue weighted by atomic mass is 10.3. The Morgan fingerprint density at radius 1 is 1.31 bits per heavy atom. The third kappa shape index (κ3) is 4.69. The van der Waals surface area contributed by atoms with Crippen LogP contribution in [0.4, 0.5) is 0 Å². The average Bonchev–Trinajstić information content (AvgIpc) is 1.99. The molecule has 0 spiro atoms. The summed E-state index contributed by atoms with van der Waals surface area (Å²) in [6.07, 6.45) is 0. The molecule has 0 radical (unpaired) electrons. The molecule has 1 N–H and O–H groups in total. The molecule has 0 aliphatic carbocycles. The topological polar surface area (TPSA) is 63.6 Å². The van der Waals surface area contributed by atoms with E-state index in [1.807, 2.05) is 0 Å². The Kier molecular flexibility index (Phi) is 5.25. The summed E-state index contributed by atoms with van der Waals surface area (Å²) in [5.41, 5.74) is 0. The monoisotopic (exact) mass is 330 g/mol. The van der Waals surface area contributed by atoms with Crippen LogP contribution >= 0.6 is 28.3 Å². The highest BCUT2D eigenvalue weighted by Crippen LogP contribution is 2.29. The van der Waals surface area contributed by atoms with Crippen LogP contribution in [0.25, 0.3) is 0 Å². The van der Waals surface area contributed by atoms with Crippen molar-refractivity contribution < 1.29 is 17.7 Å². The fourth-order valence-electron chi connectivity index (χ4n) is 1.01. The van der Waals surface area contributed by atoms with E-state index in [1.54, 1.807) is 19.9 Å². The number of benzene rings is 1. The summed E-state index contributed by atoms with van der Waals surface area (Å²) in [6.45, 7) is 3.43. The minimum atomic E-state index is -4.25. The number of hydrogen-bond acceptors (Lipinski definition) is 3. The van der Waals surface area contributed by atoms with Gasteiger partial charge < -0.3 is 4.74 Å². The highest BCUT2D eigenvalue weighted by atomic mass is 79.9. The number of halogens is 2. The van der Waals surface area contributed by atoms with E-state index in [0.29, 0.717) is 0 Å². The van der Waals surface area contributed by atoms with Crippen LogP contribution in [0.15, 0.2) is 29.2 Å². The van der Waals surface area contributed by atoms with Gasteiger partial charge in [0.1, 0.15) is 10.6 Å². The van der Waals surface area contributed by atoms with Crippen LogP contribution in [-0.4, -0.2) is 17.5 Å². The minimum absolute atomic E-state index is 0. The van der Waals surface area contributed by atoms with Crippen molar-refractivity contribution in [1.82, 2.24) is 0 Å². The number of para-hydroxylation sites is 1. The molecule has 0 amide bonds. The van der Waals surface area contributed by atoms with Crippen molar-refractivity contribution in [2.45, 2.75) is 23.3 Å². The second-order valence-electron chi connectivity index (χ2n) is 3.39. The van der Waals surface area contributed by atoms with Crippen molar-refractivity contribution in [2.24, 2.45) is 0 Å². The Morgan fingerprint density at radius 2 is 1.81 bits per heavy atom. The zero-order valence-electron chi connectivity index (χ0n) is 8.68. The fraction of sp³-hybridized carbons (Fsp3) is 0.333. The Bertz CT molecular complexity index is 453. The molecule has 0 saturated heterocycles. The highest BCUT2D eigenvalue weighted by molar-refractivity contribution is 9.10. The molecule has 0 fully saturated rings. The van der Waals surface area contributed by atoms with Crippen LogP contribution in [0.2, 0.25) is 0 Å². The lowest BCUT2D eigenvalue weighted by Crippen LogP contribution is -2.20. The molecule has 16 heavy (non-hydrogen) atoms. The van der Waals surface area contributed by atoms with Crippen LogP contribution in [0, 0.1) is 0 Å². The maximum Gasteiger partial charge on any atom is 0.298 e. The van der Waals surface area contributed by atoms with Crippen molar-refractivity contribution >= 4 is 38.5 Å². The molecule has 0 aliphatic rings. The number of rotatable bonds is 3. The molecule has 0 bridgehead atoms. The average molecular weight is 332 g/mol. The van der Waals surface area contributed by atoms with E-state index in [2.05, 4.69) is 15.9 Å². The molecular weight excluding hydrogens is 320 g/mol. The van der Waals surface area contributed by atoms with Gasteiger partial charge in [-0.1, -0.05) is 12.1 Å². The fourth-order valence-corrected chi connectivity index (χ4v) is 1.80. The molecule has 1 aromatic rings. The first-order valence-electron chi connectivity index (χ1n) is 4.14. The van der Waals surface area contributed by atoms with Crippen LogP contribution < -0.4 is 4.74 Å². The van der Waals surface area contributed by atoms with Gasteiger partial charge >= 0.3 is 0 Å². The number of ether oxygens (including phenoxy) is 1. The van der Waals surface area contributed by atoms with Gasteiger partial charge in [-0.15, -0.1) is 12.4 Å². The van der Waals surface area contributed by atoms with Gasteiger partial charge in [-0.3, -0.25) is 4.55 Å². The first-order valence-corrected chi connectivity index (χ1v) is 6.38. The summed E-state index contributed by atoms with van der Waals surface area (Å²) in [4.78, 5) is -0.238. The van der Waals surface area contributed by atoms with Crippen LogP contribution in [0.5, 0.6) is 5.75 Å². The zero-order valence-corrected chi connectivity index (χ0v) is 11.9. The lowest BCUT2D eigenvalue weighted by Gasteiger charge is -2.20. The second kappa shape index (κ2) is 5.35. The summed E-state index contributed by atoms with van der Waals surface area (Å²) >= 11 is 3.22. The molecule has 0 aliphatic heterocycles. The summed E-state index contributed by atoms with van der Waals surface area (Å²) in [5, 5.41) is 0. The quantitative estimate of drug-likeness (QED) is 0.683. The van der Waals surface area contributed by atoms with Crippen LogP contribution in [0.3, 0.4) is 0 Å². The van der Waals surface area contributed by atoms with E-state index < -0.39 is 14.6 Å². The Hall–Kier alpha value is -0.300. The van der Waals surface area contributed by atoms with Gasteiger partial charge in [-0.25, -0.2) is 0 Å². The van der Waals surface area contributed by atoms with Gasteiger partial charge in [0.05, 0.1) is 0 Å². The van der Waals surface area contributed by atoms with E-state index >= 15 is 0 Å². The molecular formula is C9H12BrClO4S. The molecule has 0 unspecified atom stereocenters. The molecule has 0 saturated carbocycles.